The van der Waals surface area contributed by atoms with E-state index in [1.165, 1.54) is 12.1 Å². The van der Waals surface area contributed by atoms with Crippen LogP contribution in [0, 0.1) is 5.82 Å². The number of carbonyl (C=O) groups excluding carboxylic acids is 1. The molecule has 2 aromatic rings. The maximum atomic E-state index is 13.0. The molecule has 2 rings (SSSR count). The van der Waals surface area contributed by atoms with Gasteiger partial charge in [0, 0.05) is 5.69 Å². The standard InChI is InChI=1S/C14H9F4NO3/c15-8-1-6-12(20)11(7-8)13(21)19-9-2-4-10(5-3-9)22-14(16,17)18/h1-7,20H,(H,19,21). The van der Waals surface area contributed by atoms with Gasteiger partial charge in [-0.15, -0.1) is 13.2 Å². The number of hydrogen-bond acceptors (Lipinski definition) is 3. The highest BCUT2D eigenvalue weighted by atomic mass is 19.4. The van der Waals surface area contributed by atoms with Crippen LogP contribution in [0.2, 0.25) is 0 Å². The van der Waals surface area contributed by atoms with Gasteiger partial charge in [0.05, 0.1) is 5.56 Å². The summed E-state index contributed by atoms with van der Waals surface area (Å²) in [6.45, 7) is 0. The van der Waals surface area contributed by atoms with E-state index in [1.807, 2.05) is 0 Å². The number of phenols is 1. The molecule has 0 aliphatic rings. The summed E-state index contributed by atoms with van der Waals surface area (Å²) in [5.41, 5.74) is -0.140. The Morgan fingerprint density at radius 1 is 1.09 bits per heavy atom. The van der Waals surface area contributed by atoms with Crippen LogP contribution in [0.1, 0.15) is 10.4 Å². The number of nitrogens with one attached hydrogen (secondary N) is 1. The van der Waals surface area contributed by atoms with Crippen molar-refractivity contribution in [3.63, 3.8) is 0 Å². The molecule has 0 heterocycles. The van der Waals surface area contributed by atoms with Crippen molar-refractivity contribution in [3.8, 4) is 11.5 Å². The van der Waals surface area contributed by atoms with E-state index in [9.17, 15) is 27.5 Å². The number of anilines is 1. The third kappa shape index (κ3) is 4.11. The van der Waals surface area contributed by atoms with Crippen LogP contribution in [0.3, 0.4) is 0 Å². The van der Waals surface area contributed by atoms with Crippen LogP contribution < -0.4 is 10.1 Å². The molecule has 1 amide bonds. The van der Waals surface area contributed by atoms with Crippen LogP contribution >= 0.6 is 0 Å². The Labute approximate surface area is 121 Å². The third-order valence-electron chi connectivity index (χ3n) is 2.55. The molecule has 0 bridgehead atoms. The zero-order chi connectivity index (χ0) is 16.3. The van der Waals surface area contributed by atoms with Crippen molar-refractivity contribution < 1.29 is 32.2 Å². The minimum atomic E-state index is -4.81. The molecule has 22 heavy (non-hydrogen) atoms. The van der Waals surface area contributed by atoms with Gasteiger partial charge >= 0.3 is 6.36 Å². The summed E-state index contributed by atoms with van der Waals surface area (Å²) in [7, 11) is 0. The summed E-state index contributed by atoms with van der Waals surface area (Å²) in [5, 5.41) is 11.8. The minimum Gasteiger partial charge on any atom is -0.507 e. The first-order valence-corrected chi connectivity index (χ1v) is 5.90. The average Bonchev–Trinajstić information content (AvgIpc) is 2.42. The van der Waals surface area contributed by atoms with E-state index < -0.39 is 29.6 Å². The van der Waals surface area contributed by atoms with Gasteiger partial charge in [0.1, 0.15) is 17.3 Å². The second-order valence-electron chi connectivity index (χ2n) is 4.19. The molecular formula is C14H9F4NO3. The normalized spacial score (nSPS) is 11.1. The Morgan fingerprint density at radius 3 is 2.32 bits per heavy atom. The predicted octanol–water partition coefficient (Wildman–Crippen LogP) is 3.68. The fourth-order valence-corrected chi connectivity index (χ4v) is 1.63. The highest BCUT2D eigenvalue weighted by Gasteiger charge is 2.30. The van der Waals surface area contributed by atoms with E-state index >= 15 is 0 Å². The number of amides is 1. The molecule has 0 fully saturated rings. The van der Waals surface area contributed by atoms with E-state index in [0.29, 0.717) is 0 Å². The van der Waals surface area contributed by atoms with Crippen molar-refractivity contribution in [1.82, 2.24) is 0 Å². The van der Waals surface area contributed by atoms with Gasteiger partial charge < -0.3 is 15.2 Å². The zero-order valence-electron chi connectivity index (χ0n) is 10.8. The summed E-state index contributed by atoms with van der Waals surface area (Å²) in [6.07, 6.45) is -4.81. The van der Waals surface area contributed by atoms with E-state index in [1.54, 1.807) is 0 Å². The molecule has 0 unspecified atom stereocenters. The van der Waals surface area contributed by atoms with Gasteiger partial charge in [0.15, 0.2) is 0 Å². The molecule has 2 aromatic carbocycles. The molecule has 0 radical (unpaired) electrons. The molecule has 0 saturated carbocycles. The quantitative estimate of drug-likeness (QED) is 0.850. The molecule has 0 aliphatic carbocycles. The number of aromatic hydroxyl groups is 1. The molecule has 0 saturated heterocycles. The second-order valence-corrected chi connectivity index (χ2v) is 4.19. The molecule has 0 spiro atoms. The lowest BCUT2D eigenvalue weighted by Gasteiger charge is -2.10. The Kier molecular flexibility index (Phi) is 4.20. The largest absolute Gasteiger partial charge is 0.573 e. The Bertz CT molecular complexity index is 683. The fraction of sp³-hybridized carbons (Fsp3) is 0.0714. The molecule has 0 aromatic heterocycles. The lowest BCUT2D eigenvalue weighted by atomic mass is 10.1. The summed E-state index contributed by atoms with van der Waals surface area (Å²) in [4.78, 5) is 11.9. The second kappa shape index (κ2) is 5.92. The molecule has 0 atom stereocenters. The number of phenolic OH excluding ortho intramolecular Hbond substituents is 1. The van der Waals surface area contributed by atoms with E-state index in [2.05, 4.69) is 10.1 Å². The summed E-state index contributed by atoms with van der Waals surface area (Å²) in [6, 6.07) is 7.21. The van der Waals surface area contributed by atoms with Gasteiger partial charge in [-0.05, 0) is 42.5 Å². The molecule has 4 nitrogen and oxygen atoms in total. The number of ether oxygens (including phenoxy) is 1. The SMILES string of the molecule is O=C(Nc1ccc(OC(F)(F)F)cc1)c1cc(F)ccc1O. The first-order valence-electron chi connectivity index (χ1n) is 5.90. The number of hydrogen-bond donors (Lipinski definition) is 2. The van der Waals surface area contributed by atoms with Crippen molar-refractivity contribution in [2.75, 3.05) is 5.32 Å². The van der Waals surface area contributed by atoms with Crippen molar-refractivity contribution in [1.29, 1.82) is 0 Å². The van der Waals surface area contributed by atoms with Gasteiger partial charge in [-0.3, -0.25) is 4.79 Å². The Morgan fingerprint density at radius 2 is 1.73 bits per heavy atom. The minimum absolute atomic E-state index is 0.156. The van der Waals surface area contributed by atoms with Crippen molar-refractivity contribution in [2.24, 2.45) is 0 Å². The topological polar surface area (TPSA) is 58.6 Å². The lowest BCUT2D eigenvalue weighted by Crippen LogP contribution is -2.17. The average molecular weight is 315 g/mol. The maximum absolute atomic E-state index is 13.0. The lowest BCUT2D eigenvalue weighted by molar-refractivity contribution is -0.274. The Balaban J connectivity index is 2.10. The van der Waals surface area contributed by atoms with Gasteiger partial charge in [0.25, 0.3) is 5.91 Å². The van der Waals surface area contributed by atoms with Gasteiger partial charge in [-0.1, -0.05) is 0 Å². The van der Waals surface area contributed by atoms with Crippen LogP contribution in [0.4, 0.5) is 23.2 Å². The van der Waals surface area contributed by atoms with Crippen molar-refractivity contribution in [3.05, 3.63) is 53.8 Å². The highest BCUT2D eigenvalue weighted by Crippen LogP contribution is 2.25. The van der Waals surface area contributed by atoms with Crippen molar-refractivity contribution in [2.45, 2.75) is 6.36 Å². The van der Waals surface area contributed by atoms with Crippen LogP contribution in [-0.4, -0.2) is 17.4 Å². The molecular weight excluding hydrogens is 306 g/mol. The van der Waals surface area contributed by atoms with Crippen LogP contribution in [0.5, 0.6) is 11.5 Å². The first kappa shape index (κ1) is 15.6. The van der Waals surface area contributed by atoms with Crippen LogP contribution in [-0.2, 0) is 0 Å². The highest BCUT2D eigenvalue weighted by molar-refractivity contribution is 6.06. The van der Waals surface area contributed by atoms with Gasteiger partial charge in [0.2, 0.25) is 0 Å². The number of benzene rings is 2. The predicted molar refractivity (Wildman–Crippen MR) is 69.1 cm³/mol. The molecule has 0 aliphatic heterocycles. The van der Waals surface area contributed by atoms with E-state index in [-0.39, 0.29) is 11.3 Å². The number of alkyl halides is 3. The number of carbonyl (C=O) groups is 1. The maximum Gasteiger partial charge on any atom is 0.573 e. The fourth-order valence-electron chi connectivity index (χ4n) is 1.63. The van der Waals surface area contributed by atoms with Crippen LogP contribution in [0.25, 0.3) is 0 Å². The summed E-state index contributed by atoms with van der Waals surface area (Å²) >= 11 is 0. The summed E-state index contributed by atoms with van der Waals surface area (Å²) in [5.74, 6) is -2.38. The Hall–Kier alpha value is -2.77. The number of rotatable bonds is 3. The first-order chi connectivity index (χ1) is 10.2. The number of halogens is 4. The third-order valence-corrected chi connectivity index (χ3v) is 2.55. The smallest absolute Gasteiger partial charge is 0.507 e. The summed E-state index contributed by atoms with van der Waals surface area (Å²) < 4.78 is 52.7. The van der Waals surface area contributed by atoms with E-state index in [0.717, 1.165) is 30.3 Å². The van der Waals surface area contributed by atoms with Crippen molar-refractivity contribution >= 4 is 11.6 Å². The van der Waals surface area contributed by atoms with Gasteiger partial charge in [-0.25, -0.2) is 4.39 Å². The zero-order valence-corrected chi connectivity index (χ0v) is 10.8. The van der Waals surface area contributed by atoms with Gasteiger partial charge in [-0.2, -0.15) is 0 Å². The van der Waals surface area contributed by atoms with E-state index in [4.69, 9.17) is 0 Å². The molecule has 116 valence electrons. The molecule has 8 heteroatoms. The monoisotopic (exact) mass is 315 g/mol. The molecule has 2 N–H and O–H groups in total. The van der Waals surface area contributed by atoms with Crippen LogP contribution in [0.15, 0.2) is 42.5 Å².